The van der Waals surface area contributed by atoms with E-state index in [0.29, 0.717) is 13.0 Å². The molecule has 5 heteroatoms. The first-order valence-corrected chi connectivity index (χ1v) is 6.70. The molecule has 2 rings (SSSR count). The van der Waals surface area contributed by atoms with E-state index in [0.717, 1.165) is 25.7 Å². The molecule has 102 valence electrons. The van der Waals surface area contributed by atoms with E-state index in [1.165, 1.54) is 6.42 Å². The van der Waals surface area contributed by atoms with Gasteiger partial charge in [0.25, 0.3) is 0 Å². The summed E-state index contributed by atoms with van der Waals surface area (Å²) >= 11 is 0. The van der Waals surface area contributed by atoms with E-state index in [4.69, 9.17) is 9.47 Å². The van der Waals surface area contributed by atoms with Crippen molar-refractivity contribution >= 4 is 0 Å². The molecule has 5 nitrogen and oxygen atoms in total. The van der Waals surface area contributed by atoms with Gasteiger partial charge in [0.2, 0.25) is 6.54 Å². The lowest BCUT2D eigenvalue weighted by atomic mass is 9.94. The predicted octanol–water partition coefficient (Wildman–Crippen LogP) is 2.53. The van der Waals surface area contributed by atoms with E-state index < -0.39 is 5.79 Å². The molecular weight excluding hydrogens is 234 g/mol. The summed E-state index contributed by atoms with van der Waals surface area (Å²) in [4.78, 5) is 10.4. The summed E-state index contributed by atoms with van der Waals surface area (Å²) in [7, 11) is 0. The minimum atomic E-state index is -0.446. The molecule has 0 amide bonds. The monoisotopic (exact) mass is 255 g/mol. The summed E-state index contributed by atoms with van der Waals surface area (Å²) in [5, 5.41) is 10.7. The molecule has 0 aromatic heterocycles. The smallest absolute Gasteiger partial charge is 0.209 e. The van der Waals surface area contributed by atoms with Crippen LogP contribution in [0.5, 0.6) is 0 Å². The van der Waals surface area contributed by atoms with E-state index >= 15 is 0 Å². The van der Waals surface area contributed by atoms with Gasteiger partial charge in [-0.15, -0.1) is 6.58 Å². The van der Waals surface area contributed by atoms with Crippen LogP contribution in [0.2, 0.25) is 0 Å². The third-order valence-corrected chi connectivity index (χ3v) is 3.87. The van der Waals surface area contributed by atoms with Crippen LogP contribution < -0.4 is 0 Å². The zero-order valence-electron chi connectivity index (χ0n) is 10.7. The molecule has 1 spiro atoms. The van der Waals surface area contributed by atoms with Crippen LogP contribution in [0, 0.1) is 16.0 Å². The van der Waals surface area contributed by atoms with Gasteiger partial charge in [-0.3, -0.25) is 10.1 Å². The molecule has 0 unspecified atom stereocenters. The van der Waals surface area contributed by atoms with Crippen molar-refractivity contribution in [3.05, 3.63) is 22.8 Å². The number of ether oxygens (including phenoxy) is 2. The van der Waals surface area contributed by atoms with Crippen molar-refractivity contribution in [2.75, 3.05) is 13.2 Å². The lowest BCUT2D eigenvalue weighted by molar-refractivity contribution is -0.490. The van der Waals surface area contributed by atoms with Crippen LogP contribution in [0.15, 0.2) is 12.7 Å². The molecule has 2 atom stereocenters. The van der Waals surface area contributed by atoms with Gasteiger partial charge in [-0.05, 0) is 19.3 Å². The van der Waals surface area contributed by atoms with Crippen LogP contribution in [0.4, 0.5) is 0 Å². The number of nitro groups is 1. The van der Waals surface area contributed by atoms with Gasteiger partial charge in [0.15, 0.2) is 5.79 Å². The molecule has 0 aromatic carbocycles. The Morgan fingerprint density at radius 2 is 2.17 bits per heavy atom. The van der Waals surface area contributed by atoms with Crippen molar-refractivity contribution in [1.29, 1.82) is 0 Å². The Hall–Kier alpha value is -0.940. The topological polar surface area (TPSA) is 61.6 Å². The lowest BCUT2D eigenvalue weighted by Gasteiger charge is -2.32. The van der Waals surface area contributed by atoms with E-state index in [2.05, 4.69) is 6.58 Å². The van der Waals surface area contributed by atoms with E-state index in [1.54, 1.807) is 6.08 Å². The summed E-state index contributed by atoms with van der Waals surface area (Å²) in [6.45, 7) is 4.07. The highest BCUT2D eigenvalue weighted by atomic mass is 16.7. The second kappa shape index (κ2) is 5.80. The average molecular weight is 255 g/mol. The summed E-state index contributed by atoms with van der Waals surface area (Å²) < 4.78 is 11.9. The van der Waals surface area contributed by atoms with Crippen LogP contribution in [-0.2, 0) is 9.47 Å². The predicted molar refractivity (Wildman–Crippen MR) is 66.8 cm³/mol. The average Bonchev–Trinajstić information content (AvgIpc) is 2.73. The van der Waals surface area contributed by atoms with Crippen molar-refractivity contribution in [2.45, 2.75) is 50.4 Å². The molecule has 1 aliphatic carbocycles. The highest BCUT2D eigenvalue weighted by Crippen LogP contribution is 2.39. The molecule has 18 heavy (non-hydrogen) atoms. The fourth-order valence-electron chi connectivity index (χ4n) is 2.91. The van der Waals surface area contributed by atoms with Gasteiger partial charge in [0.05, 0.1) is 18.6 Å². The van der Waals surface area contributed by atoms with E-state index in [1.807, 2.05) is 0 Å². The molecule has 0 radical (unpaired) electrons. The molecule has 2 fully saturated rings. The molecule has 1 saturated carbocycles. The van der Waals surface area contributed by atoms with Gasteiger partial charge in [-0.2, -0.15) is 0 Å². The minimum absolute atomic E-state index is 0.0733. The maximum absolute atomic E-state index is 10.7. The highest BCUT2D eigenvalue weighted by molar-refractivity contribution is 4.87. The van der Waals surface area contributed by atoms with Gasteiger partial charge in [-0.1, -0.05) is 12.5 Å². The highest BCUT2D eigenvalue weighted by Gasteiger charge is 2.45. The Labute approximate surface area is 107 Å². The van der Waals surface area contributed by atoms with E-state index in [-0.39, 0.29) is 23.5 Å². The Morgan fingerprint density at radius 3 is 2.78 bits per heavy atom. The van der Waals surface area contributed by atoms with Crippen LogP contribution in [-0.4, -0.2) is 30.0 Å². The quantitative estimate of drug-likeness (QED) is 0.430. The first kappa shape index (κ1) is 13.5. The van der Waals surface area contributed by atoms with Crippen molar-refractivity contribution in [2.24, 2.45) is 5.92 Å². The first-order chi connectivity index (χ1) is 8.65. The van der Waals surface area contributed by atoms with Gasteiger partial charge >= 0.3 is 0 Å². The second-order valence-electron chi connectivity index (χ2n) is 5.24. The number of allylic oxidation sites excluding steroid dienone is 1. The maximum atomic E-state index is 10.7. The number of nitrogens with zero attached hydrogens (tertiary/aromatic N) is 1. The van der Waals surface area contributed by atoms with Crippen molar-refractivity contribution < 1.29 is 14.4 Å². The van der Waals surface area contributed by atoms with Crippen LogP contribution in [0.1, 0.15) is 38.5 Å². The molecule has 0 bridgehead atoms. The Morgan fingerprint density at radius 1 is 1.44 bits per heavy atom. The fraction of sp³-hybridized carbons (Fsp3) is 0.846. The normalized spacial score (nSPS) is 28.1. The van der Waals surface area contributed by atoms with Crippen LogP contribution in [0.3, 0.4) is 0 Å². The minimum Gasteiger partial charge on any atom is -0.347 e. The third kappa shape index (κ3) is 3.09. The molecule has 2 aliphatic rings. The first-order valence-electron chi connectivity index (χ1n) is 6.70. The largest absolute Gasteiger partial charge is 0.347 e. The molecule has 1 saturated heterocycles. The molecule has 1 aliphatic heterocycles. The van der Waals surface area contributed by atoms with Gasteiger partial charge in [-0.25, -0.2) is 0 Å². The van der Waals surface area contributed by atoms with Crippen LogP contribution >= 0.6 is 0 Å². The summed E-state index contributed by atoms with van der Waals surface area (Å²) in [5.74, 6) is -0.572. The van der Waals surface area contributed by atoms with E-state index in [9.17, 15) is 10.1 Å². The lowest BCUT2D eigenvalue weighted by Crippen LogP contribution is -2.35. The van der Waals surface area contributed by atoms with Gasteiger partial charge in [0.1, 0.15) is 0 Å². The summed E-state index contributed by atoms with van der Waals surface area (Å²) in [6.07, 6.45) is 7.47. The molecule has 1 heterocycles. The maximum Gasteiger partial charge on any atom is 0.209 e. The Bertz CT molecular complexity index is 312. The number of hydrogen-bond acceptors (Lipinski definition) is 4. The van der Waals surface area contributed by atoms with Crippen LogP contribution in [0.25, 0.3) is 0 Å². The van der Waals surface area contributed by atoms with Crippen molar-refractivity contribution in [3.63, 3.8) is 0 Å². The summed E-state index contributed by atoms with van der Waals surface area (Å²) in [6, 6.07) is 0. The SMILES string of the molecule is C=CC[C@@H](C[N+](=O)[O-])[C@H]1COC2(CCCCC2)O1. The Balaban J connectivity index is 1.95. The summed E-state index contributed by atoms with van der Waals surface area (Å²) in [5.41, 5.74) is 0. The standard InChI is InChI=1S/C13H21NO4/c1-2-6-11(9-14(15)16)12-10-17-13(18-12)7-4-3-5-8-13/h2,11-12H,1,3-10H2/t11-,12+/m0/s1. The van der Waals surface area contributed by atoms with Gasteiger partial charge in [0, 0.05) is 17.8 Å². The van der Waals surface area contributed by atoms with Crippen molar-refractivity contribution in [3.8, 4) is 0 Å². The number of rotatable bonds is 5. The Kier molecular flexibility index (Phi) is 4.35. The van der Waals surface area contributed by atoms with Crippen molar-refractivity contribution in [1.82, 2.24) is 0 Å². The second-order valence-corrected chi connectivity index (χ2v) is 5.24. The zero-order chi connectivity index (χ0) is 13.0. The zero-order valence-corrected chi connectivity index (χ0v) is 10.7. The molecular formula is C13H21NO4. The van der Waals surface area contributed by atoms with Gasteiger partial charge < -0.3 is 9.47 Å². The molecule has 0 N–H and O–H groups in total. The number of hydrogen-bond donors (Lipinski definition) is 0. The molecule has 0 aromatic rings. The fourth-order valence-corrected chi connectivity index (χ4v) is 2.91. The third-order valence-electron chi connectivity index (χ3n) is 3.87.